The Morgan fingerprint density at radius 2 is 2.24 bits per heavy atom. The zero-order valence-electron chi connectivity index (χ0n) is 11.2. The maximum atomic E-state index is 12.2. The van der Waals surface area contributed by atoms with E-state index in [1.165, 1.54) is 0 Å². The molecule has 0 radical (unpaired) electrons. The first-order valence-corrected chi connectivity index (χ1v) is 6.90. The van der Waals surface area contributed by atoms with Gasteiger partial charge in [0.2, 0.25) is 0 Å². The summed E-state index contributed by atoms with van der Waals surface area (Å²) in [6.45, 7) is 0. The molecule has 1 aliphatic carbocycles. The van der Waals surface area contributed by atoms with Gasteiger partial charge in [0.1, 0.15) is 5.82 Å². The highest BCUT2D eigenvalue weighted by Gasteiger charge is 2.33. The first-order chi connectivity index (χ1) is 10.3. The van der Waals surface area contributed by atoms with Crippen molar-refractivity contribution in [3.8, 4) is 0 Å². The van der Waals surface area contributed by atoms with Crippen LogP contribution in [0, 0.1) is 0 Å². The molecule has 1 amide bonds. The van der Waals surface area contributed by atoms with E-state index >= 15 is 0 Å². The second-order valence-corrected chi connectivity index (χ2v) is 5.27. The Morgan fingerprint density at radius 3 is 3.00 bits per heavy atom. The monoisotopic (exact) mass is 282 g/mol. The predicted octanol–water partition coefficient (Wildman–Crippen LogP) is 1.13. The SMILES string of the molecule is O=C(NC1CC(c2ncc[nH]2)C1)c1cc2ncccn2n1. The number of aromatic nitrogens is 5. The highest BCUT2D eigenvalue weighted by molar-refractivity contribution is 5.93. The Morgan fingerprint density at radius 1 is 1.33 bits per heavy atom. The number of rotatable bonds is 3. The van der Waals surface area contributed by atoms with Crippen LogP contribution >= 0.6 is 0 Å². The van der Waals surface area contributed by atoms with Gasteiger partial charge in [-0.1, -0.05) is 0 Å². The van der Waals surface area contributed by atoms with Gasteiger partial charge in [0.15, 0.2) is 11.3 Å². The predicted molar refractivity (Wildman–Crippen MR) is 74.8 cm³/mol. The molecule has 0 aromatic carbocycles. The molecule has 21 heavy (non-hydrogen) atoms. The van der Waals surface area contributed by atoms with E-state index in [1.54, 1.807) is 35.2 Å². The van der Waals surface area contributed by atoms with E-state index in [9.17, 15) is 4.79 Å². The number of imidazole rings is 1. The molecular weight excluding hydrogens is 268 g/mol. The van der Waals surface area contributed by atoms with Crippen molar-refractivity contribution < 1.29 is 4.79 Å². The molecule has 7 heteroatoms. The van der Waals surface area contributed by atoms with Gasteiger partial charge >= 0.3 is 0 Å². The largest absolute Gasteiger partial charge is 0.348 e. The van der Waals surface area contributed by atoms with Crippen LogP contribution < -0.4 is 5.32 Å². The minimum absolute atomic E-state index is 0.150. The summed E-state index contributed by atoms with van der Waals surface area (Å²) in [4.78, 5) is 23.7. The van der Waals surface area contributed by atoms with Crippen molar-refractivity contribution in [1.29, 1.82) is 0 Å². The minimum atomic E-state index is -0.150. The molecule has 0 unspecified atom stereocenters. The molecule has 1 aliphatic rings. The fourth-order valence-electron chi connectivity index (χ4n) is 2.66. The Kier molecular flexibility index (Phi) is 2.70. The van der Waals surface area contributed by atoms with Gasteiger partial charge in [-0.3, -0.25) is 4.79 Å². The van der Waals surface area contributed by atoms with Crippen LogP contribution in [0.5, 0.6) is 0 Å². The molecule has 7 nitrogen and oxygen atoms in total. The Labute approximate surface area is 120 Å². The number of hydrogen-bond donors (Lipinski definition) is 2. The number of aromatic amines is 1. The lowest BCUT2D eigenvalue weighted by atomic mass is 9.79. The zero-order chi connectivity index (χ0) is 14.2. The summed E-state index contributed by atoms with van der Waals surface area (Å²) < 4.78 is 1.60. The molecule has 0 saturated heterocycles. The summed E-state index contributed by atoms with van der Waals surface area (Å²) in [5.41, 5.74) is 1.07. The van der Waals surface area contributed by atoms with Gasteiger partial charge in [0, 0.05) is 42.8 Å². The van der Waals surface area contributed by atoms with Crippen LogP contribution in [0.2, 0.25) is 0 Å². The van der Waals surface area contributed by atoms with Crippen LogP contribution in [0.1, 0.15) is 35.1 Å². The lowest BCUT2D eigenvalue weighted by Gasteiger charge is -2.34. The molecule has 4 rings (SSSR count). The van der Waals surface area contributed by atoms with Crippen molar-refractivity contribution in [3.63, 3.8) is 0 Å². The summed E-state index contributed by atoms with van der Waals surface area (Å²) in [6.07, 6.45) is 8.85. The molecular formula is C14H14N6O. The standard InChI is InChI=1S/C14H14N6O/c21-14(11-8-12-15-2-1-5-20(12)19-11)18-10-6-9(7-10)13-16-3-4-17-13/h1-5,8-10H,6-7H2,(H,16,17)(H,18,21). The highest BCUT2D eigenvalue weighted by Crippen LogP contribution is 2.34. The van der Waals surface area contributed by atoms with E-state index < -0.39 is 0 Å². The maximum Gasteiger partial charge on any atom is 0.272 e. The topological polar surface area (TPSA) is 88.0 Å². The van der Waals surface area contributed by atoms with E-state index in [1.807, 2.05) is 6.20 Å². The number of fused-ring (bicyclic) bond motifs is 1. The third kappa shape index (κ3) is 2.16. The first-order valence-electron chi connectivity index (χ1n) is 6.90. The number of hydrogen-bond acceptors (Lipinski definition) is 4. The van der Waals surface area contributed by atoms with Gasteiger partial charge in [-0.05, 0) is 18.9 Å². The van der Waals surface area contributed by atoms with Gasteiger partial charge in [-0.15, -0.1) is 0 Å². The minimum Gasteiger partial charge on any atom is -0.348 e. The molecule has 3 aromatic heterocycles. The second-order valence-electron chi connectivity index (χ2n) is 5.27. The lowest BCUT2D eigenvalue weighted by Crippen LogP contribution is -2.43. The van der Waals surface area contributed by atoms with Crippen molar-refractivity contribution in [2.45, 2.75) is 24.8 Å². The van der Waals surface area contributed by atoms with Crippen molar-refractivity contribution in [2.24, 2.45) is 0 Å². The van der Waals surface area contributed by atoms with Gasteiger partial charge < -0.3 is 10.3 Å². The van der Waals surface area contributed by atoms with Crippen molar-refractivity contribution in [2.75, 3.05) is 0 Å². The van der Waals surface area contributed by atoms with Crippen molar-refractivity contribution in [3.05, 3.63) is 48.4 Å². The number of nitrogens with one attached hydrogen (secondary N) is 2. The third-order valence-corrected chi connectivity index (χ3v) is 3.85. The van der Waals surface area contributed by atoms with Crippen LogP contribution in [0.3, 0.4) is 0 Å². The van der Waals surface area contributed by atoms with E-state index in [-0.39, 0.29) is 11.9 Å². The Balaban J connectivity index is 1.40. The third-order valence-electron chi connectivity index (χ3n) is 3.85. The molecule has 1 saturated carbocycles. The molecule has 0 spiro atoms. The van der Waals surface area contributed by atoms with Gasteiger partial charge in [-0.2, -0.15) is 5.10 Å². The van der Waals surface area contributed by atoms with E-state index in [4.69, 9.17) is 0 Å². The Bertz CT molecular complexity index is 739. The van der Waals surface area contributed by atoms with Crippen LogP contribution in [0.25, 0.3) is 5.65 Å². The van der Waals surface area contributed by atoms with Crippen LogP contribution in [-0.2, 0) is 0 Å². The summed E-state index contributed by atoms with van der Waals surface area (Å²) in [5, 5.41) is 7.22. The quantitative estimate of drug-likeness (QED) is 0.753. The second kappa shape index (κ2) is 4.69. The summed E-state index contributed by atoms with van der Waals surface area (Å²) >= 11 is 0. The molecule has 0 aliphatic heterocycles. The molecule has 0 atom stereocenters. The number of H-pyrrole nitrogens is 1. The highest BCUT2D eigenvalue weighted by atomic mass is 16.2. The van der Waals surface area contributed by atoms with E-state index in [2.05, 4.69) is 25.4 Å². The fourth-order valence-corrected chi connectivity index (χ4v) is 2.66. The Hall–Kier alpha value is -2.70. The van der Waals surface area contributed by atoms with E-state index in [0.29, 0.717) is 17.3 Å². The lowest BCUT2D eigenvalue weighted by molar-refractivity contribution is 0.0902. The molecule has 3 aromatic rings. The molecule has 2 N–H and O–H groups in total. The molecule has 106 valence electrons. The average Bonchev–Trinajstić information content (AvgIpc) is 3.10. The first kappa shape index (κ1) is 12.1. The smallest absolute Gasteiger partial charge is 0.272 e. The number of nitrogens with zero attached hydrogens (tertiary/aromatic N) is 4. The molecule has 3 heterocycles. The van der Waals surface area contributed by atoms with Crippen molar-refractivity contribution >= 4 is 11.6 Å². The number of amides is 1. The zero-order valence-corrected chi connectivity index (χ0v) is 11.2. The van der Waals surface area contributed by atoms with Gasteiger partial charge in [0.05, 0.1) is 0 Å². The molecule has 0 bridgehead atoms. The maximum absolute atomic E-state index is 12.2. The molecule has 1 fully saturated rings. The van der Waals surface area contributed by atoms with E-state index in [0.717, 1.165) is 18.7 Å². The normalized spacial score (nSPS) is 21.1. The van der Waals surface area contributed by atoms with Gasteiger partial charge in [0.25, 0.3) is 5.91 Å². The van der Waals surface area contributed by atoms with Gasteiger partial charge in [-0.25, -0.2) is 14.5 Å². The number of carbonyl (C=O) groups is 1. The summed E-state index contributed by atoms with van der Waals surface area (Å²) in [6, 6.07) is 3.66. The fraction of sp³-hybridized carbons (Fsp3) is 0.286. The average molecular weight is 282 g/mol. The van der Waals surface area contributed by atoms with Crippen LogP contribution in [0.4, 0.5) is 0 Å². The van der Waals surface area contributed by atoms with Crippen LogP contribution in [-0.4, -0.2) is 36.5 Å². The van der Waals surface area contributed by atoms with Crippen LogP contribution in [0.15, 0.2) is 36.9 Å². The number of carbonyl (C=O) groups excluding carboxylic acids is 1. The summed E-state index contributed by atoms with van der Waals surface area (Å²) in [7, 11) is 0. The summed E-state index contributed by atoms with van der Waals surface area (Å²) in [5.74, 6) is 1.26. The van der Waals surface area contributed by atoms with Crippen molar-refractivity contribution in [1.82, 2.24) is 29.9 Å².